The Morgan fingerprint density at radius 1 is 1.10 bits per heavy atom. The third kappa shape index (κ3) is 6.61. The van der Waals surface area contributed by atoms with Crippen LogP contribution in [0.5, 0.6) is 11.5 Å². The van der Waals surface area contributed by atoms with E-state index in [0.29, 0.717) is 36.6 Å². The summed E-state index contributed by atoms with van der Waals surface area (Å²) in [5.41, 5.74) is 1.47. The van der Waals surface area contributed by atoms with Crippen LogP contribution < -0.4 is 14.8 Å². The third-order valence-corrected chi connectivity index (χ3v) is 4.96. The maximum Gasteiger partial charge on any atom is 0.222 e. The highest BCUT2D eigenvalue weighted by Crippen LogP contribution is 2.32. The van der Waals surface area contributed by atoms with E-state index >= 15 is 0 Å². The Morgan fingerprint density at radius 3 is 2.63 bits per heavy atom. The molecule has 1 amide bonds. The Kier molecular flexibility index (Phi) is 9.91. The van der Waals surface area contributed by atoms with Crippen molar-refractivity contribution in [2.24, 2.45) is 0 Å². The standard InChI is InChI=1S/C23H29FN2O3.ClH/c1-2-28-21-11-5-9-18(16-25-13-7-15-26-14-6-12-22(26)27)23(21)29-17-19-8-3-4-10-20(19)24;/h3-5,8-11,25H,2,6-7,12-17H2,1H3;1H. The molecule has 7 heteroatoms. The number of nitrogens with zero attached hydrogens (tertiary/aromatic N) is 1. The predicted molar refractivity (Wildman–Crippen MR) is 118 cm³/mol. The fourth-order valence-corrected chi connectivity index (χ4v) is 3.46. The first kappa shape index (κ1) is 24.0. The first-order valence-electron chi connectivity index (χ1n) is 10.3. The summed E-state index contributed by atoms with van der Waals surface area (Å²) in [5, 5.41) is 3.41. The van der Waals surface area contributed by atoms with Crippen LogP contribution in [0.4, 0.5) is 4.39 Å². The first-order valence-corrected chi connectivity index (χ1v) is 10.3. The van der Waals surface area contributed by atoms with Gasteiger partial charge in [-0.05, 0) is 38.4 Å². The summed E-state index contributed by atoms with van der Waals surface area (Å²) < 4.78 is 25.6. The molecule has 0 spiro atoms. The Hall–Kier alpha value is -2.31. The summed E-state index contributed by atoms with van der Waals surface area (Å²) in [4.78, 5) is 13.6. The molecule has 0 bridgehead atoms. The van der Waals surface area contributed by atoms with Crippen molar-refractivity contribution >= 4 is 18.3 Å². The summed E-state index contributed by atoms with van der Waals surface area (Å²) in [6, 6.07) is 12.4. The maximum atomic E-state index is 13.9. The molecule has 0 aliphatic carbocycles. The van der Waals surface area contributed by atoms with Gasteiger partial charge < -0.3 is 19.7 Å². The van der Waals surface area contributed by atoms with E-state index in [1.807, 2.05) is 30.0 Å². The molecule has 3 rings (SSSR count). The molecule has 1 fully saturated rings. The van der Waals surface area contributed by atoms with E-state index in [1.165, 1.54) is 6.07 Å². The van der Waals surface area contributed by atoms with Gasteiger partial charge in [-0.3, -0.25) is 4.79 Å². The Balaban J connectivity index is 0.00000320. The number of halogens is 2. The number of hydrogen-bond donors (Lipinski definition) is 1. The number of carbonyl (C=O) groups is 1. The van der Waals surface area contributed by atoms with Crippen LogP contribution in [-0.2, 0) is 17.9 Å². The quantitative estimate of drug-likeness (QED) is 0.533. The second-order valence-electron chi connectivity index (χ2n) is 7.07. The van der Waals surface area contributed by atoms with E-state index in [2.05, 4.69) is 5.32 Å². The molecule has 2 aromatic rings. The van der Waals surface area contributed by atoms with Crippen molar-refractivity contribution in [1.82, 2.24) is 10.2 Å². The van der Waals surface area contributed by atoms with E-state index in [4.69, 9.17) is 9.47 Å². The van der Waals surface area contributed by atoms with Crippen molar-refractivity contribution in [2.75, 3.05) is 26.2 Å². The summed E-state index contributed by atoms with van der Waals surface area (Å²) in [7, 11) is 0. The molecule has 0 atom stereocenters. The third-order valence-electron chi connectivity index (χ3n) is 4.96. The first-order chi connectivity index (χ1) is 14.2. The second-order valence-corrected chi connectivity index (χ2v) is 7.07. The smallest absolute Gasteiger partial charge is 0.222 e. The van der Waals surface area contributed by atoms with Gasteiger partial charge in [-0.25, -0.2) is 4.39 Å². The molecule has 0 radical (unpaired) electrons. The van der Waals surface area contributed by atoms with Crippen molar-refractivity contribution < 1.29 is 18.7 Å². The van der Waals surface area contributed by atoms with E-state index < -0.39 is 0 Å². The lowest BCUT2D eigenvalue weighted by molar-refractivity contribution is -0.127. The number of rotatable bonds is 11. The lowest BCUT2D eigenvalue weighted by Crippen LogP contribution is -2.28. The average Bonchev–Trinajstić information content (AvgIpc) is 3.13. The number of ether oxygens (including phenoxy) is 2. The van der Waals surface area contributed by atoms with E-state index in [1.54, 1.807) is 18.2 Å². The van der Waals surface area contributed by atoms with Crippen LogP contribution in [0.2, 0.25) is 0 Å². The maximum absolute atomic E-state index is 13.9. The molecule has 0 aromatic heterocycles. The van der Waals surface area contributed by atoms with E-state index in [-0.39, 0.29) is 30.7 Å². The molecule has 1 N–H and O–H groups in total. The van der Waals surface area contributed by atoms with Crippen molar-refractivity contribution in [3.05, 3.63) is 59.4 Å². The number of hydrogen-bond acceptors (Lipinski definition) is 4. The highest BCUT2D eigenvalue weighted by Gasteiger charge is 2.19. The van der Waals surface area contributed by atoms with Gasteiger partial charge in [0.05, 0.1) is 6.61 Å². The van der Waals surface area contributed by atoms with Crippen LogP contribution in [0, 0.1) is 5.82 Å². The fourth-order valence-electron chi connectivity index (χ4n) is 3.46. The molecule has 1 aliphatic heterocycles. The molecule has 0 saturated carbocycles. The number of nitrogens with one attached hydrogen (secondary N) is 1. The molecule has 30 heavy (non-hydrogen) atoms. The molecular weight excluding hydrogens is 407 g/mol. The van der Waals surface area contributed by atoms with Crippen LogP contribution in [0.3, 0.4) is 0 Å². The van der Waals surface area contributed by atoms with Gasteiger partial charge >= 0.3 is 0 Å². The fraction of sp³-hybridized carbons (Fsp3) is 0.435. The van der Waals surface area contributed by atoms with Gasteiger partial charge in [0.25, 0.3) is 0 Å². The van der Waals surface area contributed by atoms with E-state index in [0.717, 1.165) is 38.0 Å². The van der Waals surface area contributed by atoms with Gasteiger partial charge in [0, 0.05) is 37.2 Å². The highest BCUT2D eigenvalue weighted by atomic mass is 35.5. The summed E-state index contributed by atoms with van der Waals surface area (Å²) in [6.07, 6.45) is 2.56. The Bertz CT molecular complexity index is 819. The van der Waals surface area contributed by atoms with Crippen LogP contribution in [0.15, 0.2) is 42.5 Å². The summed E-state index contributed by atoms with van der Waals surface area (Å²) in [5.74, 6) is 1.28. The molecule has 5 nitrogen and oxygen atoms in total. The van der Waals surface area contributed by atoms with Crippen molar-refractivity contribution in [2.45, 2.75) is 39.3 Å². The molecule has 1 saturated heterocycles. The normalized spacial score (nSPS) is 13.3. The van der Waals surface area contributed by atoms with Crippen LogP contribution in [0.1, 0.15) is 37.3 Å². The van der Waals surface area contributed by atoms with Gasteiger partial charge in [0.2, 0.25) is 5.91 Å². The van der Waals surface area contributed by atoms with Gasteiger partial charge in [-0.2, -0.15) is 0 Å². The van der Waals surface area contributed by atoms with Crippen LogP contribution in [-0.4, -0.2) is 37.0 Å². The minimum Gasteiger partial charge on any atom is -0.490 e. The molecular formula is C23H30ClFN2O3. The zero-order chi connectivity index (χ0) is 20.5. The largest absolute Gasteiger partial charge is 0.490 e. The monoisotopic (exact) mass is 436 g/mol. The molecule has 164 valence electrons. The molecule has 1 aliphatic rings. The van der Waals surface area contributed by atoms with Gasteiger partial charge in [-0.15, -0.1) is 12.4 Å². The number of likely N-dealkylation sites (tertiary alicyclic amines) is 1. The summed E-state index contributed by atoms with van der Waals surface area (Å²) in [6.45, 7) is 5.67. The van der Waals surface area contributed by atoms with Crippen molar-refractivity contribution in [3.63, 3.8) is 0 Å². The minimum absolute atomic E-state index is 0. The van der Waals surface area contributed by atoms with Crippen LogP contribution >= 0.6 is 12.4 Å². The molecule has 2 aromatic carbocycles. The van der Waals surface area contributed by atoms with E-state index in [9.17, 15) is 9.18 Å². The number of amides is 1. The lowest BCUT2D eigenvalue weighted by Gasteiger charge is -2.18. The zero-order valence-corrected chi connectivity index (χ0v) is 18.2. The zero-order valence-electron chi connectivity index (χ0n) is 17.4. The Labute approximate surface area is 184 Å². The highest BCUT2D eigenvalue weighted by molar-refractivity contribution is 5.85. The SMILES string of the molecule is CCOc1cccc(CNCCCN2CCCC2=O)c1OCc1ccccc1F.Cl. The van der Waals surface area contributed by atoms with Gasteiger partial charge in [-0.1, -0.05) is 30.3 Å². The van der Waals surface area contributed by atoms with Crippen molar-refractivity contribution in [1.29, 1.82) is 0 Å². The summed E-state index contributed by atoms with van der Waals surface area (Å²) >= 11 is 0. The second kappa shape index (κ2) is 12.4. The average molecular weight is 437 g/mol. The predicted octanol–water partition coefficient (Wildman–Crippen LogP) is 4.33. The minimum atomic E-state index is -0.280. The molecule has 0 unspecified atom stereocenters. The number of benzene rings is 2. The Morgan fingerprint density at radius 2 is 1.90 bits per heavy atom. The van der Waals surface area contributed by atoms with Crippen LogP contribution in [0.25, 0.3) is 0 Å². The topological polar surface area (TPSA) is 50.8 Å². The van der Waals surface area contributed by atoms with Crippen molar-refractivity contribution in [3.8, 4) is 11.5 Å². The van der Waals surface area contributed by atoms with Gasteiger partial charge in [0.15, 0.2) is 11.5 Å². The number of carbonyl (C=O) groups excluding carboxylic acids is 1. The lowest BCUT2D eigenvalue weighted by atomic mass is 10.1. The number of para-hydroxylation sites is 1. The van der Waals surface area contributed by atoms with Gasteiger partial charge in [0.1, 0.15) is 12.4 Å². The molecule has 1 heterocycles.